The third-order valence-electron chi connectivity index (χ3n) is 3.36. The molecule has 2 atom stereocenters. The van der Waals surface area contributed by atoms with Crippen LogP contribution in [-0.2, 0) is 12.1 Å². The lowest BCUT2D eigenvalue weighted by molar-refractivity contribution is 0.314. The van der Waals surface area contributed by atoms with Gasteiger partial charge >= 0.3 is 0 Å². The second kappa shape index (κ2) is 5.55. The second-order valence-corrected chi connectivity index (χ2v) is 6.16. The lowest BCUT2D eigenvalue weighted by Gasteiger charge is -2.17. The quantitative estimate of drug-likeness (QED) is 0.881. The summed E-state index contributed by atoms with van der Waals surface area (Å²) in [7, 11) is 0. The number of hydrogen-bond donors (Lipinski definition) is 1. The van der Waals surface area contributed by atoms with Crippen LogP contribution in [0.3, 0.4) is 0 Å². The van der Waals surface area contributed by atoms with Crippen LogP contribution in [0, 0.1) is 5.92 Å². The number of nitrogens with two attached hydrogens (primary N) is 1. The van der Waals surface area contributed by atoms with Crippen molar-refractivity contribution in [3.63, 3.8) is 0 Å². The van der Waals surface area contributed by atoms with Crippen molar-refractivity contribution in [1.29, 1.82) is 0 Å². The average molecular weight is 274 g/mol. The first kappa shape index (κ1) is 15.4. The zero-order chi connectivity index (χ0) is 12.6. The van der Waals surface area contributed by atoms with E-state index in [0.717, 1.165) is 25.3 Å². The van der Waals surface area contributed by atoms with Gasteiger partial charge in [-0.3, -0.25) is 4.90 Å². The van der Waals surface area contributed by atoms with Crippen molar-refractivity contribution in [3.05, 3.63) is 11.9 Å². The Labute approximate surface area is 115 Å². The van der Waals surface area contributed by atoms with E-state index in [0.29, 0.717) is 12.0 Å². The Morgan fingerprint density at radius 3 is 2.50 bits per heavy atom. The molecule has 0 aromatic carbocycles. The normalized spacial score (nSPS) is 25.2. The summed E-state index contributed by atoms with van der Waals surface area (Å²) in [6.07, 6.45) is 2.04. The van der Waals surface area contributed by atoms with Gasteiger partial charge in [0.1, 0.15) is 0 Å². The molecule has 18 heavy (non-hydrogen) atoms. The van der Waals surface area contributed by atoms with Gasteiger partial charge in [0.25, 0.3) is 0 Å². The molecule has 1 fully saturated rings. The standard InChI is InChI=1S/C12H23N5.ClH/c1-9-5-16(8-11(9)13)6-10-7-17(15-14-10)12(2,3)4;/h7,9,11H,5-6,8,13H2,1-4H3;1H. The highest BCUT2D eigenvalue weighted by Gasteiger charge is 2.27. The topological polar surface area (TPSA) is 60.0 Å². The van der Waals surface area contributed by atoms with Gasteiger partial charge in [0.2, 0.25) is 0 Å². The van der Waals surface area contributed by atoms with E-state index < -0.39 is 0 Å². The molecule has 1 aliphatic heterocycles. The molecule has 2 heterocycles. The molecule has 1 aliphatic rings. The molecule has 2 unspecified atom stereocenters. The molecule has 1 aromatic heterocycles. The molecular weight excluding hydrogens is 250 g/mol. The van der Waals surface area contributed by atoms with Gasteiger partial charge in [0.15, 0.2) is 0 Å². The van der Waals surface area contributed by atoms with Crippen molar-refractivity contribution >= 4 is 12.4 Å². The highest BCUT2D eigenvalue weighted by molar-refractivity contribution is 5.85. The van der Waals surface area contributed by atoms with E-state index in [4.69, 9.17) is 5.73 Å². The van der Waals surface area contributed by atoms with Gasteiger partial charge in [-0.15, -0.1) is 17.5 Å². The molecule has 5 nitrogen and oxygen atoms in total. The van der Waals surface area contributed by atoms with Gasteiger partial charge in [0, 0.05) is 25.7 Å². The van der Waals surface area contributed by atoms with Gasteiger partial charge in [-0.25, -0.2) is 4.68 Å². The first-order valence-corrected chi connectivity index (χ1v) is 6.26. The number of aromatic nitrogens is 3. The molecule has 104 valence electrons. The predicted molar refractivity (Wildman–Crippen MR) is 74.7 cm³/mol. The van der Waals surface area contributed by atoms with Crippen molar-refractivity contribution in [1.82, 2.24) is 19.9 Å². The van der Waals surface area contributed by atoms with Crippen LogP contribution >= 0.6 is 12.4 Å². The molecule has 0 radical (unpaired) electrons. The number of hydrogen-bond acceptors (Lipinski definition) is 4. The highest BCUT2D eigenvalue weighted by atomic mass is 35.5. The summed E-state index contributed by atoms with van der Waals surface area (Å²) in [5.41, 5.74) is 7.04. The van der Waals surface area contributed by atoms with E-state index in [2.05, 4.69) is 42.9 Å². The first-order chi connectivity index (χ1) is 7.86. The Morgan fingerprint density at radius 2 is 2.06 bits per heavy atom. The van der Waals surface area contributed by atoms with Gasteiger partial charge < -0.3 is 5.73 Å². The van der Waals surface area contributed by atoms with Crippen LogP contribution in [0.1, 0.15) is 33.4 Å². The number of rotatable bonds is 2. The Morgan fingerprint density at radius 1 is 1.39 bits per heavy atom. The number of likely N-dealkylation sites (tertiary alicyclic amines) is 1. The summed E-state index contributed by atoms with van der Waals surface area (Å²) in [5, 5.41) is 8.40. The molecule has 0 aliphatic carbocycles. The van der Waals surface area contributed by atoms with Crippen LogP contribution < -0.4 is 5.73 Å². The van der Waals surface area contributed by atoms with Gasteiger partial charge in [-0.2, -0.15) is 0 Å². The van der Waals surface area contributed by atoms with E-state index in [9.17, 15) is 0 Å². The third kappa shape index (κ3) is 3.43. The maximum atomic E-state index is 6.01. The average Bonchev–Trinajstić information content (AvgIpc) is 2.75. The third-order valence-corrected chi connectivity index (χ3v) is 3.36. The van der Waals surface area contributed by atoms with Crippen molar-refractivity contribution < 1.29 is 0 Å². The fraction of sp³-hybridized carbons (Fsp3) is 0.833. The van der Waals surface area contributed by atoms with E-state index in [-0.39, 0.29) is 17.9 Å². The zero-order valence-corrected chi connectivity index (χ0v) is 12.4. The van der Waals surface area contributed by atoms with E-state index in [1.54, 1.807) is 0 Å². The highest BCUT2D eigenvalue weighted by Crippen LogP contribution is 2.17. The minimum atomic E-state index is -0.0000459. The molecule has 0 spiro atoms. The van der Waals surface area contributed by atoms with Gasteiger partial charge in [0.05, 0.1) is 17.4 Å². The fourth-order valence-corrected chi connectivity index (χ4v) is 2.15. The molecule has 0 amide bonds. The van der Waals surface area contributed by atoms with Crippen molar-refractivity contribution in [3.8, 4) is 0 Å². The summed E-state index contributed by atoms with van der Waals surface area (Å²) >= 11 is 0. The summed E-state index contributed by atoms with van der Waals surface area (Å²) in [4.78, 5) is 2.35. The maximum Gasteiger partial charge on any atom is 0.0967 e. The largest absolute Gasteiger partial charge is 0.326 e. The van der Waals surface area contributed by atoms with E-state index in [1.807, 2.05) is 10.9 Å². The minimum Gasteiger partial charge on any atom is -0.326 e. The van der Waals surface area contributed by atoms with E-state index in [1.165, 1.54) is 0 Å². The van der Waals surface area contributed by atoms with Crippen LogP contribution in [0.25, 0.3) is 0 Å². The Bertz CT molecular complexity index is 374. The van der Waals surface area contributed by atoms with Crippen LogP contribution in [-0.4, -0.2) is 39.0 Å². The molecule has 0 bridgehead atoms. The number of halogens is 1. The van der Waals surface area contributed by atoms with Gasteiger partial charge in [-0.1, -0.05) is 12.1 Å². The monoisotopic (exact) mass is 273 g/mol. The summed E-state index contributed by atoms with van der Waals surface area (Å²) < 4.78 is 1.92. The molecule has 2 rings (SSSR count). The lowest BCUT2D eigenvalue weighted by Crippen LogP contribution is -2.28. The van der Waals surface area contributed by atoms with Crippen LogP contribution in [0.4, 0.5) is 0 Å². The molecule has 1 saturated heterocycles. The smallest absolute Gasteiger partial charge is 0.0967 e. The second-order valence-electron chi connectivity index (χ2n) is 6.16. The SMILES string of the molecule is CC1CN(Cc2cn(C(C)(C)C)nn2)CC1N.Cl. The van der Waals surface area contributed by atoms with Crippen LogP contribution in [0.5, 0.6) is 0 Å². The van der Waals surface area contributed by atoms with Crippen LogP contribution in [0.15, 0.2) is 6.20 Å². The Hall–Kier alpha value is -0.650. The fourth-order valence-electron chi connectivity index (χ4n) is 2.15. The lowest BCUT2D eigenvalue weighted by atomic mass is 10.1. The molecule has 1 aromatic rings. The molecule has 0 saturated carbocycles. The first-order valence-electron chi connectivity index (χ1n) is 6.26. The molecule has 2 N–H and O–H groups in total. The van der Waals surface area contributed by atoms with Crippen molar-refractivity contribution in [2.75, 3.05) is 13.1 Å². The van der Waals surface area contributed by atoms with Crippen LogP contribution in [0.2, 0.25) is 0 Å². The summed E-state index contributed by atoms with van der Waals surface area (Å²) in [6.45, 7) is 11.5. The number of nitrogens with zero attached hydrogens (tertiary/aromatic N) is 4. The van der Waals surface area contributed by atoms with Crippen molar-refractivity contribution in [2.24, 2.45) is 11.7 Å². The summed E-state index contributed by atoms with van der Waals surface area (Å²) in [6, 6.07) is 0.299. The Balaban J connectivity index is 0.00000162. The van der Waals surface area contributed by atoms with E-state index >= 15 is 0 Å². The van der Waals surface area contributed by atoms with Gasteiger partial charge in [-0.05, 0) is 26.7 Å². The van der Waals surface area contributed by atoms with Crippen molar-refractivity contribution in [2.45, 2.75) is 45.8 Å². The molecule has 6 heteroatoms. The minimum absolute atomic E-state index is 0. The maximum absolute atomic E-state index is 6.01. The summed E-state index contributed by atoms with van der Waals surface area (Å²) in [5.74, 6) is 0.577. The predicted octanol–water partition coefficient (Wildman–Crippen LogP) is 1.23. The zero-order valence-electron chi connectivity index (χ0n) is 11.6. The Kier molecular flexibility index (Phi) is 4.75. The molecular formula is C12H24ClN5.